The molecule has 0 aliphatic heterocycles. The van der Waals surface area contributed by atoms with Crippen molar-refractivity contribution >= 4 is 17.6 Å². The summed E-state index contributed by atoms with van der Waals surface area (Å²) in [4.78, 5) is 15.9. The molecule has 0 fully saturated rings. The normalized spacial score (nSPS) is 10.4. The Labute approximate surface area is 108 Å². The van der Waals surface area contributed by atoms with Crippen molar-refractivity contribution in [3.63, 3.8) is 0 Å². The molecule has 3 nitrogen and oxygen atoms in total. The maximum absolute atomic E-state index is 13.5. The van der Waals surface area contributed by atoms with E-state index < -0.39 is 5.82 Å². The number of hydrogen-bond donors (Lipinski definition) is 0. The van der Waals surface area contributed by atoms with Crippen LogP contribution in [0.2, 0.25) is 0 Å². The maximum atomic E-state index is 13.5. The third-order valence-electron chi connectivity index (χ3n) is 2.52. The lowest BCUT2D eigenvalue weighted by Crippen LogP contribution is -1.97. The Morgan fingerprint density at radius 1 is 1.44 bits per heavy atom. The average Bonchev–Trinajstić information content (AvgIpc) is 2.67. The van der Waals surface area contributed by atoms with Gasteiger partial charge in [-0.25, -0.2) is 9.37 Å². The van der Waals surface area contributed by atoms with Gasteiger partial charge in [-0.15, -0.1) is 11.3 Å². The summed E-state index contributed by atoms with van der Waals surface area (Å²) in [5.41, 5.74) is 1.26. The van der Waals surface area contributed by atoms with E-state index in [1.807, 2.05) is 13.8 Å². The van der Waals surface area contributed by atoms with Crippen LogP contribution in [0.4, 0.5) is 4.39 Å². The first-order chi connectivity index (χ1) is 8.60. The summed E-state index contributed by atoms with van der Waals surface area (Å²) in [6.07, 6.45) is 0.598. The zero-order chi connectivity index (χ0) is 13.1. The SMILES string of the molecule is Cc1nc(COc2ccc(C=O)cc2F)sc1C. The van der Waals surface area contributed by atoms with Crippen LogP contribution in [0, 0.1) is 19.7 Å². The lowest BCUT2D eigenvalue weighted by Gasteiger charge is -2.05. The highest BCUT2D eigenvalue weighted by molar-refractivity contribution is 7.11. The number of nitrogens with zero attached hydrogens (tertiary/aromatic N) is 1. The van der Waals surface area contributed by atoms with E-state index in [0.717, 1.165) is 21.6 Å². The van der Waals surface area contributed by atoms with E-state index in [1.165, 1.54) is 23.5 Å². The highest BCUT2D eigenvalue weighted by Gasteiger charge is 2.08. The molecule has 18 heavy (non-hydrogen) atoms. The Morgan fingerprint density at radius 2 is 2.22 bits per heavy atom. The van der Waals surface area contributed by atoms with Crippen molar-refractivity contribution in [3.8, 4) is 5.75 Å². The van der Waals surface area contributed by atoms with Crippen molar-refractivity contribution in [2.75, 3.05) is 0 Å². The summed E-state index contributed by atoms with van der Waals surface area (Å²) < 4.78 is 18.9. The summed E-state index contributed by atoms with van der Waals surface area (Å²) in [6, 6.07) is 4.12. The zero-order valence-electron chi connectivity index (χ0n) is 10.1. The first-order valence-corrected chi connectivity index (χ1v) is 6.22. The number of hydrogen-bond acceptors (Lipinski definition) is 4. The van der Waals surface area contributed by atoms with Crippen LogP contribution in [0.5, 0.6) is 5.75 Å². The summed E-state index contributed by atoms with van der Waals surface area (Å²) in [5, 5.41) is 0.809. The summed E-state index contributed by atoms with van der Waals surface area (Å²) in [6.45, 7) is 4.14. The van der Waals surface area contributed by atoms with Gasteiger partial charge in [-0.05, 0) is 32.0 Å². The number of carbonyl (C=O) groups excluding carboxylic acids is 1. The van der Waals surface area contributed by atoms with Crippen LogP contribution in [-0.4, -0.2) is 11.3 Å². The van der Waals surface area contributed by atoms with Gasteiger partial charge < -0.3 is 4.74 Å². The minimum atomic E-state index is -0.537. The van der Waals surface area contributed by atoms with Crippen LogP contribution < -0.4 is 4.74 Å². The predicted octanol–water partition coefficient (Wildman–Crippen LogP) is 3.29. The van der Waals surface area contributed by atoms with E-state index >= 15 is 0 Å². The van der Waals surface area contributed by atoms with Crippen LogP contribution in [-0.2, 0) is 6.61 Å². The lowest BCUT2D eigenvalue weighted by molar-refractivity contribution is 0.112. The molecule has 2 aromatic rings. The molecule has 1 aromatic carbocycles. The Balaban J connectivity index is 2.08. The lowest BCUT2D eigenvalue weighted by atomic mass is 10.2. The first kappa shape index (κ1) is 12.7. The van der Waals surface area contributed by atoms with Gasteiger partial charge in [0.25, 0.3) is 0 Å². The molecule has 0 amide bonds. The molecule has 0 aliphatic rings. The summed E-state index contributed by atoms with van der Waals surface area (Å²) in [5.74, 6) is -0.407. The Bertz CT molecular complexity index is 561. The second-order valence-corrected chi connectivity index (χ2v) is 5.13. The van der Waals surface area contributed by atoms with Gasteiger partial charge in [-0.3, -0.25) is 4.79 Å². The van der Waals surface area contributed by atoms with Gasteiger partial charge in [0, 0.05) is 10.4 Å². The molecular formula is C13H12FNO2S. The number of aromatic nitrogens is 1. The number of aryl methyl sites for hydroxylation is 2. The third-order valence-corrected chi connectivity index (χ3v) is 3.56. The van der Waals surface area contributed by atoms with Crippen molar-refractivity contribution < 1.29 is 13.9 Å². The monoisotopic (exact) mass is 265 g/mol. The summed E-state index contributed by atoms with van der Waals surface area (Å²) in [7, 11) is 0. The van der Waals surface area contributed by atoms with E-state index in [-0.39, 0.29) is 12.4 Å². The molecule has 0 unspecified atom stereocenters. The number of halogens is 1. The molecule has 0 saturated carbocycles. The van der Waals surface area contributed by atoms with Gasteiger partial charge in [0.2, 0.25) is 0 Å². The van der Waals surface area contributed by atoms with Crippen molar-refractivity contribution in [2.45, 2.75) is 20.5 Å². The zero-order valence-corrected chi connectivity index (χ0v) is 10.9. The number of ether oxygens (including phenoxy) is 1. The van der Waals surface area contributed by atoms with Crippen LogP contribution >= 0.6 is 11.3 Å². The van der Waals surface area contributed by atoms with Gasteiger partial charge >= 0.3 is 0 Å². The fourth-order valence-electron chi connectivity index (χ4n) is 1.45. The molecule has 0 radical (unpaired) electrons. The second-order valence-electron chi connectivity index (χ2n) is 3.85. The van der Waals surface area contributed by atoms with Gasteiger partial charge in [0.1, 0.15) is 17.9 Å². The molecule has 5 heteroatoms. The van der Waals surface area contributed by atoms with Gasteiger partial charge in [-0.1, -0.05) is 0 Å². The number of thiazole rings is 1. The highest BCUT2D eigenvalue weighted by Crippen LogP contribution is 2.21. The van der Waals surface area contributed by atoms with Crippen molar-refractivity contribution in [1.29, 1.82) is 0 Å². The smallest absolute Gasteiger partial charge is 0.165 e. The fourth-order valence-corrected chi connectivity index (χ4v) is 2.30. The standard InChI is InChI=1S/C13H12FNO2S/c1-8-9(2)18-13(15-8)7-17-12-4-3-10(6-16)5-11(12)14/h3-6H,7H2,1-2H3. The Morgan fingerprint density at radius 3 is 2.78 bits per heavy atom. The van der Waals surface area contributed by atoms with Crippen LogP contribution in [0.25, 0.3) is 0 Å². The fraction of sp³-hybridized carbons (Fsp3) is 0.231. The van der Waals surface area contributed by atoms with Crippen molar-refractivity contribution in [1.82, 2.24) is 4.98 Å². The predicted molar refractivity (Wildman–Crippen MR) is 67.7 cm³/mol. The molecule has 0 N–H and O–H groups in total. The Kier molecular flexibility index (Phi) is 3.72. The maximum Gasteiger partial charge on any atom is 0.165 e. The topological polar surface area (TPSA) is 39.2 Å². The van der Waals surface area contributed by atoms with Crippen LogP contribution in [0.15, 0.2) is 18.2 Å². The highest BCUT2D eigenvalue weighted by atomic mass is 32.1. The molecule has 0 saturated heterocycles. The number of carbonyl (C=O) groups is 1. The van der Waals surface area contributed by atoms with Crippen molar-refractivity contribution in [3.05, 3.63) is 45.2 Å². The van der Waals surface area contributed by atoms with Crippen LogP contribution in [0.3, 0.4) is 0 Å². The first-order valence-electron chi connectivity index (χ1n) is 5.40. The quantitative estimate of drug-likeness (QED) is 0.796. The molecule has 0 spiro atoms. The number of rotatable bonds is 4. The molecule has 0 bridgehead atoms. The summed E-state index contributed by atoms with van der Waals surface area (Å²) >= 11 is 1.53. The Hall–Kier alpha value is -1.75. The van der Waals surface area contributed by atoms with E-state index in [9.17, 15) is 9.18 Å². The minimum absolute atomic E-state index is 0.131. The van der Waals surface area contributed by atoms with E-state index in [1.54, 1.807) is 0 Å². The molecule has 1 heterocycles. The molecule has 0 atom stereocenters. The average molecular weight is 265 g/mol. The minimum Gasteiger partial charge on any atom is -0.483 e. The van der Waals surface area contributed by atoms with Crippen molar-refractivity contribution in [2.24, 2.45) is 0 Å². The molecular weight excluding hydrogens is 253 g/mol. The molecule has 94 valence electrons. The van der Waals surface area contributed by atoms with E-state index in [4.69, 9.17) is 4.74 Å². The number of benzene rings is 1. The molecule has 0 aliphatic carbocycles. The van der Waals surface area contributed by atoms with Crippen LogP contribution in [0.1, 0.15) is 25.9 Å². The van der Waals surface area contributed by atoms with Gasteiger partial charge in [0.05, 0.1) is 5.69 Å². The third kappa shape index (κ3) is 2.73. The second kappa shape index (κ2) is 5.27. The molecule has 2 rings (SSSR count). The van der Waals surface area contributed by atoms with Gasteiger partial charge in [0.15, 0.2) is 11.6 Å². The largest absolute Gasteiger partial charge is 0.483 e. The van der Waals surface area contributed by atoms with E-state index in [2.05, 4.69) is 4.98 Å². The molecule has 1 aromatic heterocycles. The van der Waals surface area contributed by atoms with E-state index in [0.29, 0.717) is 11.8 Å². The van der Waals surface area contributed by atoms with Gasteiger partial charge in [-0.2, -0.15) is 0 Å². The number of aldehydes is 1.